The molecule has 0 atom stereocenters. The van der Waals surface area contributed by atoms with Crippen LogP contribution in [0.2, 0.25) is 0 Å². The van der Waals surface area contributed by atoms with Gasteiger partial charge in [0.15, 0.2) is 0 Å². The molecule has 1 aromatic carbocycles. The van der Waals surface area contributed by atoms with E-state index in [2.05, 4.69) is 26.5 Å². The van der Waals surface area contributed by atoms with Gasteiger partial charge in [-0.05, 0) is 31.0 Å². The second-order valence-electron chi connectivity index (χ2n) is 4.24. The van der Waals surface area contributed by atoms with Crippen molar-refractivity contribution in [3.63, 3.8) is 0 Å². The average molecular weight is 358 g/mol. The van der Waals surface area contributed by atoms with Gasteiger partial charge in [0.05, 0.1) is 6.21 Å². The molecule has 7 nitrogen and oxygen atoms in total. The van der Waals surface area contributed by atoms with Crippen molar-refractivity contribution < 1.29 is 19.9 Å². The number of nitrogens with zero attached hydrogens (tertiary/aromatic N) is 1. The van der Waals surface area contributed by atoms with E-state index in [9.17, 15) is 14.7 Å². The van der Waals surface area contributed by atoms with Crippen LogP contribution in [-0.2, 0) is 9.59 Å². The monoisotopic (exact) mass is 357 g/mol. The maximum atomic E-state index is 11.5. The van der Waals surface area contributed by atoms with E-state index in [0.29, 0.717) is 18.4 Å². The third-order valence-corrected chi connectivity index (χ3v) is 3.28. The summed E-state index contributed by atoms with van der Waals surface area (Å²) in [5.41, 5.74) is 4.52. The summed E-state index contributed by atoms with van der Waals surface area (Å²) in [4.78, 5) is 22.2. The molecule has 114 valence electrons. The fraction of sp³-hybridized carbons (Fsp3) is 0.308. The van der Waals surface area contributed by atoms with E-state index in [4.69, 9.17) is 5.21 Å². The van der Waals surface area contributed by atoms with E-state index in [1.165, 1.54) is 23.8 Å². The Hall–Kier alpha value is -1.93. The molecule has 2 amide bonds. The van der Waals surface area contributed by atoms with E-state index in [-0.39, 0.29) is 24.5 Å². The summed E-state index contributed by atoms with van der Waals surface area (Å²) < 4.78 is 0.744. The highest BCUT2D eigenvalue weighted by Gasteiger charge is 2.03. The van der Waals surface area contributed by atoms with Crippen LogP contribution >= 0.6 is 15.9 Å². The van der Waals surface area contributed by atoms with Crippen LogP contribution in [0.5, 0.6) is 5.75 Å². The number of hydrogen-bond donors (Lipinski definition) is 4. The fourth-order valence-electron chi connectivity index (χ4n) is 1.49. The number of hydroxylamine groups is 1. The SMILES string of the molecule is O=C(CCCCC(=O)N/N=C/c1cc(O)ccc1Br)NO. The molecule has 1 aromatic rings. The second kappa shape index (κ2) is 9.09. The first-order valence-electron chi connectivity index (χ1n) is 6.26. The Morgan fingerprint density at radius 2 is 1.90 bits per heavy atom. The molecule has 0 aliphatic rings. The number of phenolic OH excluding ortho intramolecular Hbond substituents is 1. The number of nitrogens with one attached hydrogen (secondary N) is 2. The van der Waals surface area contributed by atoms with Crippen molar-refractivity contribution >= 4 is 34.0 Å². The van der Waals surface area contributed by atoms with Crippen LogP contribution in [-0.4, -0.2) is 28.3 Å². The topological polar surface area (TPSA) is 111 Å². The van der Waals surface area contributed by atoms with Gasteiger partial charge in [-0.2, -0.15) is 5.10 Å². The molecule has 8 heteroatoms. The van der Waals surface area contributed by atoms with E-state index in [0.717, 1.165) is 4.47 Å². The lowest BCUT2D eigenvalue weighted by Crippen LogP contribution is -2.19. The third-order valence-electron chi connectivity index (χ3n) is 2.55. The number of carbonyl (C=O) groups excluding carboxylic acids is 2. The number of halogens is 1. The Balaban J connectivity index is 2.31. The molecular weight excluding hydrogens is 342 g/mol. The van der Waals surface area contributed by atoms with E-state index >= 15 is 0 Å². The first-order chi connectivity index (χ1) is 10.0. The molecule has 0 saturated heterocycles. The minimum absolute atomic E-state index is 0.105. The quantitative estimate of drug-likeness (QED) is 0.257. The van der Waals surface area contributed by atoms with Gasteiger partial charge in [0.1, 0.15) is 5.75 Å². The Kier molecular flexibility index (Phi) is 7.41. The third kappa shape index (κ3) is 6.87. The summed E-state index contributed by atoms with van der Waals surface area (Å²) in [6, 6.07) is 4.71. The molecule has 0 fully saturated rings. The van der Waals surface area contributed by atoms with Crippen LogP contribution in [0.15, 0.2) is 27.8 Å². The van der Waals surface area contributed by atoms with Crippen molar-refractivity contribution in [3.05, 3.63) is 28.2 Å². The van der Waals surface area contributed by atoms with Gasteiger partial charge in [0, 0.05) is 22.9 Å². The predicted octanol–water partition coefficient (Wildman–Crippen LogP) is 1.67. The highest BCUT2D eigenvalue weighted by Crippen LogP contribution is 2.19. The lowest BCUT2D eigenvalue weighted by molar-refractivity contribution is -0.129. The fourth-order valence-corrected chi connectivity index (χ4v) is 1.84. The zero-order valence-corrected chi connectivity index (χ0v) is 12.8. The van der Waals surface area contributed by atoms with Crippen molar-refractivity contribution in [1.29, 1.82) is 0 Å². The van der Waals surface area contributed by atoms with Gasteiger partial charge in [0.25, 0.3) is 0 Å². The first-order valence-corrected chi connectivity index (χ1v) is 7.05. The van der Waals surface area contributed by atoms with Crippen LogP contribution in [0.1, 0.15) is 31.2 Å². The second-order valence-corrected chi connectivity index (χ2v) is 5.10. The van der Waals surface area contributed by atoms with Crippen LogP contribution in [0.3, 0.4) is 0 Å². The highest BCUT2D eigenvalue weighted by molar-refractivity contribution is 9.10. The first kappa shape index (κ1) is 17.1. The van der Waals surface area contributed by atoms with Crippen molar-refractivity contribution in [3.8, 4) is 5.75 Å². The standard InChI is InChI=1S/C13H16BrN3O4/c14-11-6-5-10(18)7-9(11)8-15-16-12(19)3-1-2-4-13(20)17-21/h5-8,18,21H,1-4H2,(H,16,19)(H,17,20)/b15-8+. The highest BCUT2D eigenvalue weighted by atomic mass is 79.9. The van der Waals surface area contributed by atoms with E-state index in [1.54, 1.807) is 6.07 Å². The molecular formula is C13H16BrN3O4. The summed E-state index contributed by atoms with van der Waals surface area (Å²) in [5.74, 6) is -0.637. The molecule has 0 unspecified atom stereocenters. The smallest absolute Gasteiger partial charge is 0.243 e. The number of amides is 2. The lowest BCUT2D eigenvalue weighted by Gasteiger charge is -2.01. The number of carbonyl (C=O) groups is 2. The number of aromatic hydroxyl groups is 1. The van der Waals surface area contributed by atoms with Gasteiger partial charge in [-0.1, -0.05) is 15.9 Å². The largest absolute Gasteiger partial charge is 0.508 e. The Morgan fingerprint density at radius 3 is 2.57 bits per heavy atom. The minimum Gasteiger partial charge on any atom is -0.508 e. The van der Waals surface area contributed by atoms with Gasteiger partial charge < -0.3 is 5.11 Å². The summed E-state index contributed by atoms with van der Waals surface area (Å²) in [6.07, 6.45) is 2.84. The molecule has 0 radical (unpaired) electrons. The Labute approximate surface area is 130 Å². The zero-order valence-electron chi connectivity index (χ0n) is 11.2. The molecule has 21 heavy (non-hydrogen) atoms. The molecule has 4 N–H and O–H groups in total. The van der Waals surface area contributed by atoms with Crippen molar-refractivity contribution in [2.45, 2.75) is 25.7 Å². The molecule has 0 spiro atoms. The molecule has 0 aromatic heterocycles. The van der Waals surface area contributed by atoms with Crippen molar-refractivity contribution in [2.24, 2.45) is 5.10 Å². The van der Waals surface area contributed by atoms with E-state index < -0.39 is 5.91 Å². The van der Waals surface area contributed by atoms with E-state index in [1.807, 2.05) is 0 Å². The Bertz CT molecular complexity index is 534. The zero-order chi connectivity index (χ0) is 15.7. The minimum atomic E-state index is -0.470. The van der Waals surface area contributed by atoms with Gasteiger partial charge in [-0.15, -0.1) is 0 Å². The van der Waals surface area contributed by atoms with Crippen molar-refractivity contribution in [2.75, 3.05) is 0 Å². The van der Waals surface area contributed by atoms with Crippen LogP contribution < -0.4 is 10.9 Å². The number of unbranched alkanes of at least 4 members (excludes halogenated alkanes) is 1. The summed E-state index contributed by atoms with van der Waals surface area (Å²) in [6.45, 7) is 0. The number of benzene rings is 1. The molecule has 1 rings (SSSR count). The predicted molar refractivity (Wildman–Crippen MR) is 79.9 cm³/mol. The average Bonchev–Trinajstić information content (AvgIpc) is 2.47. The van der Waals surface area contributed by atoms with Crippen LogP contribution in [0, 0.1) is 0 Å². The van der Waals surface area contributed by atoms with Gasteiger partial charge in [-0.25, -0.2) is 10.9 Å². The number of hydrazone groups is 1. The molecule has 0 heterocycles. The number of hydrogen-bond acceptors (Lipinski definition) is 5. The van der Waals surface area contributed by atoms with Crippen LogP contribution in [0.25, 0.3) is 0 Å². The van der Waals surface area contributed by atoms with Crippen LogP contribution in [0.4, 0.5) is 0 Å². The lowest BCUT2D eigenvalue weighted by atomic mass is 10.2. The summed E-state index contributed by atoms with van der Waals surface area (Å²) >= 11 is 3.30. The maximum absolute atomic E-state index is 11.5. The number of rotatable bonds is 7. The number of phenols is 1. The summed E-state index contributed by atoms with van der Waals surface area (Å²) in [5, 5.41) is 21.4. The Morgan fingerprint density at radius 1 is 1.24 bits per heavy atom. The maximum Gasteiger partial charge on any atom is 0.243 e. The molecule has 0 aliphatic heterocycles. The summed E-state index contributed by atoms with van der Waals surface area (Å²) in [7, 11) is 0. The molecule has 0 bridgehead atoms. The normalized spacial score (nSPS) is 10.6. The molecule has 0 aliphatic carbocycles. The van der Waals surface area contributed by atoms with Crippen molar-refractivity contribution in [1.82, 2.24) is 10.9 Å². The molecule has 0 saturated carbocycles. The van der Waals surface area contributed by atoms with Gasteiger partial charge in [-0.3, -0.25) is 14.8 Å². The van der Waals surface area contributed by atoms with Gasteiger partial charge in [0.2, 0.25) is 11.8 Å². The van der Waals surface area contributed by atoms with Gasteiger partial charge >= 0.3 is 0 Å².